The number of alkyl halides is 1. The molecule has 0 unspecified atom stereocenters. The first-order chi connectivity index (χ1) is 6.09. The molecule has 0 spiro atoms. The molecule has 0 saturated heterocycles. The molecule has 0 radical (unpaired) electrons. The van der Waals surface area contributed by atoms with Crippen LogP contribution in [0.3, 0.4) is 0 Å². The van der Waals surface area contributed by atoms with Crippen LogP contribution in [0.5, 0.6) is 0 Å². The van der Waals surface area contributed by atoms with Crippen molar-refractivity contribution in [2.24, 2.45) is 17.6 Å². The Morgan fingerprint density at radius 3 is 2.62 bits per heavy atom. The molecule has 74 valence electrons. The van der Waals surface area contributed by atoms with E-state index in [9.17, 15) is 9.18 Å². The minimum absolute atomic E-state index is 0.0403. The van der Waals surface area contributed by atoms with Crippen LogP contribution in [-0.4, -0.2) is 24.2 Å². The van der Waals surface area contributed by atoms with Crippen molar-refractivity contribution in [2.45, 2.75) is 38.0 Å². The third-order valence-electron chi connectivity index (χ3n) is 3.09. The summed E-state index contributed by atoms with van der Waals surface area (Å²) >= 11 is 0. The zero-order valence-corrected chi connectivity index (χ0v) is 7.66. The molecule has 0 bridgehead atoms. The van der Waals surface area contributed by atoms with Gasteiger partial charge >= 0.3 is 0 Å². The smallest absolute Gasteiger partial charge is 0.236 e. The largest absolute Gasteiger partial charge is 0.352 e. The Labute approximate surface area is 76.9 Å². The first-order valence-electron chi connectivity index (χ1n) is 4.79. The summed E-state index contributed by atoms with van der Waals surface area (Å²) in [5.74, 6) is 0.445. The van der Waals surface area contributed by atoms with Gasteiger partial charge in [0.15, 0.2) is 0 Å². The van der Waals surface area contributed by atoms with Crippen molar-refractivity contribution < 1.29 is 9.18 Å². The standard InChI is InChI=1S/C9H15FN2O/c1-4(11)9(13)12-8-3-7(10)5-2-6(5)8/h4-8H,2-3,11H2,1H3,(H,12,13)/t4-,5+,6+,7+,8-/m0/s1. The lowest BCUT2D eigenvalue weighted by atomic mass is 10.1. The monoisotopic (exact) mass is 186 g/mol. The number of amides is 1. The van der Waals surface area contributed by atoms with E-state index in [0.29, 0.717) is 12.3 Å². The van der Waals surface area contributed by atoms with Crippen LogP contribution in [0.15, 0.2) is 0 Å². The Bertz CT molecular complexity index is 232. The van der Waals surface area contributed by atoms with Crippen LogP contribution in [0.2, 0.25) is 0 Å². The van der Waals surface area contributed by atoms with Crippen molar-refractivity contribution >= 4 is 5.91 Å². The third-order valence-corrected chi connectivity index (χ3v) is 3.09. The van der Waals surface area contributed by atoms with E-state index >= 15 is 0 Å². The molecule has 5 atom stereocenters. The Morgan fingerprint density at radius 1 is 1.54 bits per heavy atom. The lowest BCUT2D eigenvalue weighted by molar-refractivity contribution is -0.122. The fraction of sp³-hybridized carbons (Fsp3) is 0.889. The minimum Gasteiger partial charge on any atom is -0.352 e. The van der Waals surface area contributed by atoms with Gasteiger partial charge in [0, 0.05) is 6.04 Å². The van der Waals surface area contributed by atoms with Gasteiger partial charge in [0.25, 0.3) is 0 Å². The van der Waals surface area contributed by atoms with Gasteiger partial charge in [-0.15, -0.1) is 0 Å². The fourth-order valence-corrected chi connectivity index (χ4v) is 2.19. The Morgan fingerprint density at radius 2 is 2.23 bits per heavy atom. The molecule has 3 N–H and O–H groups in total. The van der Waals surface area contributed by atoms with E-state index < -0.39 is 12.2 Å². The number of nitrogens with two attached hydrogens (primary N) is 1. The van der Waals surface area contributed by atoms with E-state index in [4.69, 9.17) is 5.73 Å². The second-order valence-electron chi connectivity index (χ2n) is 4.22. The molecule has 0 aromatic rings. The van der Waals surface area contributed by atoms with Crippen LogP contribution >= 0.6 is 0 Å². The Balaban J connectivity index is 1.86. The van der Waals surface area contributed by atoms with Crippen LogP contribution in [0.25, 0.3) is 0 Å². The van der Waals surface area contributed by atoms with E-state index in [1.807, 2.05) is 0 Å². The summed E-state index contributed by atoms with van der Waals surface area (Å²) in [5, 5.41) is 2.80. The van der Waals surface area contributed by atoms with E-state index in [1.54, 1.807) is 6.92 Å². The molecule has 0 aromatic heterocycles. The van der Waals surface area contributed by atoms with Gasteiger partial charge in [-0.05, 0) is 31.6 Å². The highest BCUT2D eigenvalue weighted by Crippen LogP contribution is 2.53. The Kier molecular flexibility index (Phi) is 2.02. The number of hydrogen-bond donors (Lipinski definition) is 2. The summed E-state index contributed by atoms with van der Waals surface area (Å²) in [6.07, 6.45) is 0.710. The second-order valence-corrected chi connectivity index (χ2v) is 4.22. The van der Waals surface area contributed by atoms with E-state index in [2.05, 4.69) is 5.32 Å². The zero-order valence-electron chi connectivity index (χ0n) is 7.66. The van der Waals surface area contributed by atoms with Crippen LogP contribution in [-0.2, 0) is 4.79 Å². The maximum absolute atomic E-state index is 13.1. The van der Waals surface area contributed by atoms with Crippen molar-refractivity contribution in [3.63, 3.8) is 0 Å². The quantitative estimate of drug-likeness (QED) is 0.647. The predicted molar refractivity (Wildman–Crippen MR) is 46.7 cm³/mol. The summed E-state index contributed by atoms with van der Waals surface area (Å²) in [6.45, 7) is 1.64. The van der Waals surface area contributed by atoms with Crippen LogP contribution in [0.4, 0.5) is 4.39 Å². The molecule has 0 aromatic carbocycles. The maximum Gasteiger partial charge on any atom is 0.236 e. The molecule has 1 amide bonds. The van der Waals surface area contributed by atoms with Crippen molar-refractivity contribution in [1.29, 1.82) is 0 Å². The van der Waals surface area contributed by atoms with Crippen LogP contribution in [0.1, 0.15) is 19.8 Å². The Hall–Kier alpha value is -0.640. The summed E-state index contributed by atoms with van der Waals surface area (Å²) in [5.41, 5.74) is 5.40. The van der Waals surface area contributed by atoms with Crippen LogP contribution in [0, 0.1) is 11.8 Å². The molecule has 2 aliphatic carbocycles. The summed E-state index contributed by atoms with van der Waals surface area (Å²) in [7, 11) is 0. The molecule has 2 aliphatic rings. The van der Waals surface area contributed by atoms with Crippen molar-refractivity contribution in [1.82, 2.24) is 5.32 Å². The number of nitrogens with one attached hydrogen (secondary N) is 1. The highest BCUT2D eigenvalue weighted by Gasteiger charge is 2.55. The normalized spacial score (nSPS) is 43.9. The third kappa shape index (κ3) is 1.55. The highest BCUT2D eigenvalue weighted by molar-refractivity contribution is 5.81. The molecule has 2 saturated carbocycles. The number of fused-ring (bicyclic) bond motifs is 1. The molecule has 2 rings (SSSR count). The van der Waals surface area contributed by atoms with Gasteiger partial charge in [-0.25, -0.2) is 4.39 Å². The van der Waals surface area contributed by atoms with Gasteiger partial charge < -0.3 is 11.1 Å². The van der Waals surface area contributed by atoms with E-state index in [0.717, 1.165) is 6.42 Å². The number of rotatable bonds is 2. The van der Waals surface area contributed by atoms with E-state index in [-0.39, 0.29) is 17.9 Å². The van der Waals surface area contributed by atoms with Gasteiger partial charge in [0.1, 0.15) is 6.17 Å². The van der Waals surface area contributed by atoms with Gasteiger partial charge in [-0.2, -0.15) is 0 Å². The first kappa shape index (κ1) is 8.94. The van der Waals surface area contributed by atoms with Crippen LogP contribution < -0.4 is 11.1 Å². The lowest BCUT2D eigenvalue weighted by Crippen LogP contribution is -2.44. The van der Waals surface area contributed by atoms with Gasteiger partial charge in [-0.3, -0.25) is 4.79 Å². The second kappa shape index (κ2) is 2.94. The molecular formula is C9H15FN2O. The SMILES string of the molecule is C[C@H](N)C(=O)N[C@H]1C[C@@H](F)[C@@H]2C[C@H]21. The number of carbonyl (C=O) groups is 1. The summed E-state index contributed by atoms with van der Waals surface area (Å²) in [4.78, 5) is 11.2. The number of hydrogen-bond acceptors (Lipinski definition) is 2. The van der Waals surface area contributed by atoms with Gasteiger partial charge in [0.05, 0.1) is 6.04 Å². The van der Waals surface area contributed by atoms with Crippen molar-refractivity contribution in [3.8, 4) is 0 Å². The van der Waals surface area contributed by atoms with E-state index in [1.165, 1.54) is 0 Å². The number of carbonyl (C=O) groups excluding carboxylic acids is 1. The highest BCUT2D eigenvalue weighted by atomic mass is 19.1. The molecule has 4 heteroatoms. The van der Waals surface area contributed by atoms with Crippen molar-refractivity contribution in [3.05, 3.63) is 0 Å². The summed E-state index contributed by atoms with van der Waals surface area (Å²) in [6, 6.07) is -0.450. The molecular weight excluding hydrogens is 171 g/mol. The zero-order chi connectivity index (χ0) is 9.59. The molecule has 0 heterocycles. The number of halogens is 1. The minimum atomic E-state index is -0.705. The maximum atomic E-state index is 13.1. The summed E-state index contributed by atoms with van der Waals surface area (Å²) < 4.78 is 13.1. The first-order valence-corrected chi connectivity index (χ1v) is 4.79. The fourth-order valence-electron chi connectivity index (χ4n) is 2.19. The topological polar surface area (TPSA) is 55.1 Å². The molecule has 2 fully saturated rings. The average Bonchev–Trinajstić information content (AvgIpc) is 2.76. The lowest BCUT2D eigenvalue weighted by Gasteiger charge is -2.16. The molecule has 0 aliphatic heterocycles. The van der Waals surface area contributed by atoms with Gasteiger partial charge in [-0.1, -0.05) is 0 Å². The van der Waals surface area contributed by atoms with Crippen molar-refractivity contribution in [2.75, 3.05) is 0 Å². The molecule has 13 heavy (non-hydrogen) atoms. The van der Waals surface area contributed by atoms with Gasteiger partial charge in [0.2, 0.25) is 5.91 Å². The predicted octanol–water partition coefficient (Wildman–Crippen LogP) is 0.196. The molecule has 3 nitrogen and oxygen atoms in total. The average molecular weight is 186 g/mol.